The van der Waals surface area contributed by atoms with Crippen molar-refractivity contribution in [1.29, 1.82) is 0 Å². The normalized spacial score (nSPS) is 10.7. The number of rotatable bonds is 2. The number of halogens is 3. The monoisotopic (exact) mass is 331 g/mol. The first-order valence-electron chi connectivity index (χ1n) is 5.15. The SMILES string of the molecule is CCOC(=O)c1cnc2c(F)ccc(Br)c2c1Cl. The fraction of sp³-hybridized carbons (Fsp3) is 0.167. The van der Waals surface area contributed by atoms with Crippen LogP contribution in [0.25, 0.3) is 10.9 Å². The number of pyridine rings is 1. The summed E-state index contributed by atoms with van der Waals surface area (Å²) in [6.45, 7) is 1.92. The first-order chi connectivity index (χ1) is 8.56. The number of aromatic nitrogens is 1. The maximum Gasteiger partial charge on any atom is 0.341 e. The van der Waals surface area contributed by atoms with Crippen LogP contribution in [0.3, 0.4) is 0 Å². The van der Waals surface area contributed by atoms with E-state index < -0.39 is 11.8 Å². The fourth-order valence-corrected chi connectivity index (χ4v) is 2.50. The number of ether oxygens (including phenoxy) is 1. The summed E-state index contributed by atoms with van der Waals surface area (Å²) >= 11 is 9.37. The Bertz CT molecular complexity index is 633. The molecule has 0 spiro atoms. The molecule has 0 bridgehead atoms. The van der Waals surface area contributed by atoms with Crippen LogP contribution in [0.1, 0.15) is 17.3 Å². The summed E-state index contributed by atoms with van der Waals surface area (Å²) < 4.78 is 19.0. The van der Waals surface area contributed by atoms with Crippen molar-refractivity contribution in [3.63, 3.8) is 0 Å². The van der Waals surface area contributed by atoms with Crippen molar-refractivity contribution in [2.24, 2.45) is 0 Å². The highest BCUT2D eigenvalue weighted by atomic mass is 79.9. The number of hydrogen-bond donors (Lipinski definition) is 0. The molecule has 0 saturated heterocycles. The molecule has 94 valence electrons. The lowest BCUT2D eigenvalue weighted by Crippen LogP contribution is -2.06. The van der Waals surface area contributed by atoms with Crippen molar-refractivity contribution < 1.29 is 13.9 Å². The minimum Gasteiger partial charge on any atom is -0.462 e. The van der Waals surface area contributed by atoms with Crippen LogP contribution in [0.4, 0.5) is 4.39 Å². The van der Waals surface area contributed by atoms with Crippen LogP contribution in [0.5, 0.6) is 0 Å². The van der Waals surface area contributed by atoms with Gasteiger partial charge in [0.2, 0.25) is 0 Å². The van der Waals surface area contributed by atoms with Crippen LogP contribution in [-0.4, -0.2) is 17.6 Å². The maximum absolute atomic E-state index is 13.6. The molecule has 0 saturated carbocycles. The van der Waals surface area contributed by atoms with E-state index >= 15 is 0 Å². The Kier molecular flexibility index (Phi) is 3.82. The summed E-state index contributed by atoms with van der Waals surface area (Å²) in [6, 6.07) is 2.79. The van der Waals surface area contributed by atoms with E-state index in [9.17, 15) is 9.18 Å². The fourth-order valence-electron chi connectivity index (χ4n) is 1.55. The van der Waals surface area contributed by atoms with Crippen molar-refractivity contribution in [2.75, 3.05) is 6.61 Å². The highest BCUT2D eigenvalue weighted by Gasteiger charge is 2.18. The molecular formula is C12H8BrClFNO2. The molecule has 0 unspecified atom stereocenters. The molecule has 6 heteroatoms. The summed E-state index contributed by atoms with van der Waals surface area (Å²) in [5.41, 5.74) is 0.236. The number of hydrogen-bond acceptors (Lipinski definition) is 3. The lowest BCUT2D eigenvalue weighted by atomic mass is 10.1. The van der Waals surface area contributed by atoms with Gasteiger partial charge in [-0.15, -0.1) is 0 Å². The van der Waals surface area contributed by atoms with Gasteiger partial charge in [-0.25, -0.2) is 9.18 Å². The van der Waals surface area contributed by atoms with Gasteiger partial charge in [-0.1, -0.05) is 27.5 Å². The number of nitrogens with zero attached hydrogens (tertiary/aromatic N) is 1. The number of carbonyl (C=O) groups is 1. The van der Waals surface area contributed by atoms with E-state index in [4.69, 9.17) is 16.3 Å². The van der Waals surface area contributed by atoms with Crippen molar-refractivity contribution in [1.82, 2.24) is 4.98 Å². The van der Waals surface area contributed by atoms with Crippen molar-refractivity contribution >= 4 is 44.4 Å². The van der Waals surface area contributed by atoms with Gasteiger partial charge in [0.25, 0.3) is 0 Å². The van der Waals surface area contributed by atoms with Gasteiger partial charge >= 0.3 is 5.97 Å². The third-order valence-electron chi connectivity index (χ3n) is 2.35. The number of esters is 1. The third kappa shape index (κ3) is 2.20. The first-order valence-corrected chi connectivity index (χ1v) is 6.32. The van der Waals surface area contributed by atoms with Crippen LogP contribution in [-0.2, 0) is 4.74 Å². The second-order valence-electron chi connectivity index (χ2n) is 3.46. The zero-order valence-corrected chi connectivity index (χ0v) is 11.7. The average molecular weight is 333 g/mol. The zero-order chi connectivity index (χ0) is 13.3. The molecule has 2 aromatic rings. The van der Waals surface area contributed by atoms with Gasteiger partial charge in [0, 0.05) is 16.1 Å². The molecule has 3 nitrogen and oxygen atoms in total. The van der Waals surface area contributed by atoms with Gasteiger partial charge in [0.15, 0.2) is 0 Å². The van der Waals surface area contributed by atoms with E-state index in [0.29, 0.717) is 9.86 Å². The van der Waals surface area contributed by atoms with E-state index in [-0.39, 0.29) is 22.7 Å². The smallest absolute Gasteiger partial charge is 0.341 e. The second-order valence-corrected chi connectivity index (χ2v) is 4.69. The molecule has 0 fully saturated rings. The molecule has 0 N–H and O–H groups in total. The van der Waals surface area contributed by atoms with Gasteiger partial charge in [-0.3, -0.25) is 4.98 Å². The lowest BCUT2D eigenvalue weighted by molar-refractivity contribution is 0.0526. The van der Waals surface area contributed by atoms with E-state index in [1.54, 1.807) is 6.92 Å². The van der Waals surface area contributed by atoms with Crippen LogP contribution >= 0.6 is 27.5 Å². The minimum atomic E-state index is -0.576. The van der Waals surface area contributed by atoms with Gasteiger partial charge in [0.05, 0.1) is 17.2 Å². The molecule has 0 aliphatic carbocycles. The average Bonchev–Trinajstić information content (AvgIpc) is 2.34. The Balaban J connectivity index is 2.71. The van der Waals surface area contributed by atoms with Gasteiger partial charge in [0.1, 0.15) is 11.3 Å². The van der Waals surface area contributed by atoms with Crippen LogP contribution in [0.15, 0.2) is 22.8 Å². The summed E-state index contributed by atoms with van der Waals surface area (Å²) in [5, 5.41) is 0.493. The highest BCUT2D eigenvalue weighted by Crippen LogP contribution is 2.33. The Morgan fingerprint density at radius 1 is 1.56 bits per heavy atom. The third-order valence-corrected chi connectivity index (χ3v) is 3.41. The summed E-state index contributed by atoms with van der Waals surface area (Å²) in [7, 11) is 0. The van der Waals surface area contributed by atoms with Crippen molar-refractivity contribution in [2.45, 2.75) is 6.92 Å². The molecule has 1 aromatic carbocycles. The molecule has 0 amide bonds. The predicted molar refractivity (Wildman–Crippen MR) is 70.4 cm³/mol. The number of fused-ring (bicyclic) bond motifs is 1. The lowest BCUT2D eigenvalue weighted by Gasteiger charge is -2.08. The Morgan fingerprint density at radius 2 is 2.28 bits per heavy atom. The first kappa shape index (κ1) is 13.2. The van der Waals surface area contributed by atoms with Crippen LogP contribution in [0.2, 0.25) is 5.02 Å². The second kappa shape index (κ2) is 5.20. The van der Waals surface area contributed by atoms with Crippen molar-refractivity contribution in [3.8, 4) is 0 Å². The van der Waals surface area contributed by atoms with E-state index in [1.807, 2.05) is 0 Å². The maximum atomic E-state index is 13.6. The summed E-state index contributed by atoms with van der Waals surface area (Å²) in [6.07, 6.45) is 1.22. The van der Waals surface area contributed by atoms with Gasteiger partial charge < -0.3 is 4.74 Å². The quantitative estimate of drug-likeness (QED) is 0.781. The largest absolute Gasteiger partial charge is 0.462 e. The summed E-state index contributed by atoms with van der Waals surface area (Å²) in [4.78, 5) is 15.6. The van der Waals surface area contributed by atoms with Gasteiger partial charge in [-0.05, 0) is 19.1 Å². The molecule has 0 atom stereocenters. The number of benzene rings is 1. The molecule has 1 heterocycles. The van der Waals surface area contributed by atoms with E-state index in [1.165, 1.54) is 18.3 Å². The van der Waals surface area contributed by atoms with Crippen LogP contribution < -0.4 is 0 Å². The zero-order valence-electron chi connectivity index (χ0n) is 9.34. The molecule has 0 aliphatic rings. The summed E-state index contributed by atoms with van der Waals surface area (Å²) in [5.74, 6) is -1.07. The van der Waals surface area contributed by atoms with E-state index in [0.717, 1.165) is 0 Å². The Labute approximate surface area is 116 Å². The molecule has 2 rings (SSSR count). The molecular weight excluding hydrogens is 324 g/mol. The molecule has 18 heavy (non-hydrogen) atoms. The molecule has 0 radical (unpaired) electrons. The standard InChI is InChI=1S/C12H8BrClFNO2/c1-2-18-12(17)6-5-16-11-8(15)4-3-7(13)9(11)10(6)14/h3-5H,2H2,1H3. The topological polar surface area (TPSA) is 39.2 Å². The van der Waals surface area contributed by atoms with Crippen LogP contribution in [0, 0.1) is 5.82 Å². The predicted octanol–water partition coefficient (Wildman–Crippen LogP) is 3.97. The van der Waals surface area contributed by atoms with E-state index in [2.05, 4.69) is 20.9 Å². The van der Waals surface area contributed by atoms with Gasteiger partial charge in [-0.2, -0.15) is 0 Å². The Hall–Kier alpha value is -1.20. The minimum absolute atomic E-state index is 0.113. The van der Waals surface area contributed by atoms with Crippen molar-refractivity contribution in [3.05, 3.63) is 39.2 Å². The molecule has 0 aliphatic heterocycles. The number of carbonyl (C=O) groups excluding carboxylic acids is 1. The highest BCUT2D eigenvalue weighted by molar-refractivity contribution is 9.10. The Morgan fingerprint density at radius 3 is 2.94 bits per heavy atom. The molecule has 1 aromatic heterocycles.